The Kier molecular flexibility index (Phi) is 3.41. The molecular weight excluding hydrogens is 234 g/mol. The number of anilines is 1. The van der Waals surface area contributed by atoms with E-state index < -0.39 is 0 Å². The summed E-state index contributed by atoms with van der Waals surface area (Å²) >= 11 is 0. The number of hydrogen-bond acceptors (Lipinski definition) is 2. The second-order valence-corrected chi connectivity index (χ2v) is 5.00. The molecule has 0 saturated carbocycles. The van der Waals surface area contributed by atoms with E-state index in [-0.39, 0.29) is 6.04 Å². The second-order valence-electron chi connectivity index (χ2n) is 5.00. The third-order valence-corrected chi connectivity index (χ3v) is 3.54. The minimum atomic E-state index is 0.241. The van der Waals surface area contributed by atoms with Crippen molar-refractivity contribution in [3.8, 4) is 5.75 Å². The van der Waals surface area contributed by atoms with Gasteiger partial charge in [-0.25, -0.2) is 0 Å². The Labute approximate surface area is 114 Å². The Bertz CT molecular complexity index is 547. The van der Waals surface area contributed by atoms with E-state index in [1.54, 1.807) is 0 Å². The Hall–Kier alpha value is -1.96. The van der Waals surface area contributed by atoms with E-state index in [2.05, 4.69) is 42.6 Å². The second kappa shape index (κ2) is 5.35. The van der Waals surface area contributed by atoms with Crippen LogP contribution in [0.15, 0.2) is 48.5 Å². The first-order chi connectivity index (χ1) is 9.36. The lowest BCUT2D eigenvalue weighted by Crippen LogP contribution is -2.23. The number of aryl methyl sites for hydroxylation is 1. The average molecular weight is 253 g/mol. The maximum absolute atomic E-state index is 5.81. The van der Waals surface area contributed by atoms with Gasteiger partial charge in [-0.3, -0.25) is 0 Å². The molecular formula is C17H19NO. The molecule has 0 aromatic heterocycles. The van der Waals surface area contributed by atoms with Crippen LogP contribution in [0.3, 0.4) is 0 Å². The predicted molar refractivity (Wildman–Crippen MR) is 78.7 cm³/mol. The topological polar surface area (TPSA) is 21.3 Å². The van der Waals surface area contributed by atoms with Crippen LogP contribution in [-0.2, 0) is 6.42 Å². The average Bonchev–Trinajstić information content (AvgIpc) is 2.48. The molecule has 0 amide bonds. The largest absolute Gasteiger partial charge is 0.489 e. The maximum Gasteiger partial charge on any atom is 0.142 e. The van der Waals surface area contributed by atoms with Crippen LogP contribution in [0.1, 0.15) is 30.5 Å². The van der Waals surface area contributed by atoms with Gasteiger partial charge in [0.05, 0.1) is 11.7 Å². The van der Waals surface area contributed by atoms with Crippen LogP contribution in [0.25, 0.3) is 0 Å². The fourth-order valence-corrected chi connectivity index (χ4v) is 2.50. The number of rotatable bonds is 3. The van der Waals surface area contributed by atoms with Crippen molar-refractivity contribution in [3.05, 3.63) is 59.7 Å². The molecule has 2 aromatic rings. The molecule has 1 aliphatic rings. The summed E-state index contributed by atoms with van der Waals surface area (Å²) in [5.74, 6) is 0.946. The first-order valence-corrected chi connectivity index (χ1v) is 6.94. The maximum atomic E-state index is 5.81. The van der Waals surface area contributed by atoms with E-state index in [0.717, 1.165) is 17.9 Å². The van der Waals surface area contributed by atoms with Gasteiger partial charge in [0.25, 0.3) is 0 Å². The van der Waals surface area contributed by atoms with E-state index in [4.69, 9.17) is 4.74 Å². The van der Waals surface area contributed by atoms with Crippen LogP contribution >= 0.6 is 0 Å². The highest BCUT2D eigenvalue weighted by Gasteiger charge is 2.19. The van der Waals surface area contributed by atoms with Crippen molar-refractivity contribution in [1.82, 2.24) is 0 Å². The smallest absolute Gasteiger partial charge is 0.142 e. The van der Waals surface area contributed by atoms with E-state index >= 15 is 0 Å². The van der Waals surface area contributed by atoms with E-state index in [1.807, 2.05) is 18.2 Å². The van der Waals surface area contributed by atoms with Gasteiger partial charge in [-0.05, 0) is 29.7 Å². The molecule has 98 valence electrons. The van der Waals surface area contributed by atoms with Crippen molar-refractivity contribution in [2.45, 2.75) is 25.8 Å². The molecule has 0 fully saturated rings. The molecule has 2 aromatic carbocycles. The van der Waals surface area contributed by atoms with Gasteiger partial charge in [-0.15, -0.1) is 0 Å². The number of ether oxygens (including phenoxy) is 1. The molecule has 1 heterocycles. The van der Waals surface area contributed by atoms with Crippen LogP contribution in [-0.4, -0.2) is 6.61 Å². The van der Waals surface area contributed by atoms with Crippen molar-refractivity contribution in [2.24, 2.45) is 0 Å². The molecule has 0 aliphatic carbocycles. The molecule has 19 heavy (non-hydrogen) atoms. The normalized spacial score (nSPS) is 17.2. The number of benzene rings is 2. The molecule has 1 unspecified atom stereocenters. The van der Waals surface area contributed by atoms with Gasteiger partial charge in [-0.1, -0.05) is 49.7 Å². The Balaban J connectivity index is 1.77. The summed E-state index contributed by atoms with van der Waals surface area (Å²) in [6.45, 7) is 2.89. The Morgan fingerprint density at radius 2 is 1.89 bits per heavy atom. The highest BCUT2D eigenvalue weighted by Crippen LogP contribution is 2.33. The van der Waals surface area contributed by atoms with E-state index in [1.165, 1.54) is 17.5 Å². The monoisotopic (exact) mass is 253 g/mol. The molecule has 1 atom stereocenters. The fourth-order valence-electron chi connectivity index (χ4n) is 2.50. The van der Waals surface area contributed by atoms with Crippen LogP contribution in [0.4, 0.5) is 5.69 Å². The van der Waals surface area contributed by atoms with Crippen LogP contribution < -0.4 is 10.1 Å². The predicted octanol–water partition coefficient (Wildman–Crippen LogP) is 4.18. The van der Waals surface area contributed by atoms with Crippen LogP contribution in [0, 0.1) is 0 Å². The minimum absolute atomic E-state index is 0.241. The summed E-state index contributed by atoms with van der Waals surface area (Å²) in [7, 11) is 0. The third-order valence-electron chi connectivity index (χ3n) is 3.54. The molecule has 3 rings (SSSR count). The third kappa shape index (κ3) is 2.58. The standard InChI is InChI=1S/C17H19NO/c1-2-5-13-8-10-14(11-9-13)16-12-19-17-7-4-3-6-15(17)18-16/h3-4,6-11,16,18H,2,5,12H2,1H3. The summed E-state index contributed by atoms with van der Waals surface area (Å²) in [5.41, 5.74) is 3.77. The van der Waals surface area contributed by atoms with Gasteiger partial charge in [0.1, 0.15) is 12.4 Å². The van der Waals surface area contributed by atoms with Gasteiger partial charge in [0.15, 0.2) is 0 Å². The highest BCUT2D eigenvalue weighted by atomic mass is 16.5. The Morgan fingerprint density at radius 1 is 1.11 bits per heavy atom. The van der Waals surface area contributed by atoms with Gasteiger partial charge >= 0.3 is 0 Å². The first-order valence-electron chi connectivity index (χ1n) is 6.94. The van der Waals surface area contributed by atoms with Gasteiger partial charge < -0.3 is 10.1 Å². The summed E-state index contributed by atoms with van der Waals surface area (Å²) in [5, 5.41) is 3.54. The zero-order chi connectivity index (χ0) is 13.1. The van der Waals surface area contributed by atoms with Crippen molar-refractivity contribution in [2.75, 3.05) is 11.9 Å². The molecule has 2 nitrogen and oxygen atoms in total. The fraction of sp³-hybridized carbons (Fsp3) is 0.294. The van der Waals surface area contributed by atoms with Crippen LogP contribution in [0.2, 0.25) is 0 Å². The van der Waals surface area contributed by atoms with E-state index in [0.29, 0.717) is 6.61 Å². The first kappa shape index (κ1) is 12.1. The summed E-state index contributed by atoms with van der Waals surface area (Å²) < 4.78 is 5.81. The zero-order valence-electron chi connectivity index (χ0n) is 11.2. The number of nitrogens with one attached hydrogen (secondary N) is 1. The molecule has 2 heteroatoms. The lowest BCUT2D eigenvalue weighted by molar-refractivity contribution is 0.286. The molecule has 0 bridgehead atoms. The lowest BCUT2D eigenvalue weighted by Gasteiger charge is -2.27. The minimum Gasteiger partial charge on any atom is -0.489 e. The van der Waals surface area contributed by atoms with Crippen molar-refractivity contribution in [1.29, 1.82) is 0 Å². The van der Waals surface area contributed by atoms with Gasteiger partial charge in [0.2, 0.25) is 0 Å². The Morgan fingerprint density at radius 3 is 2.68 bits per heavy atom. The molecule has 1 N–H and O–H groups in total. The highest BCUT2D eigenvalue weighted by molar-refractivity contribution is 5.59. The molecule has 0 saturated heterocycles. The van der Waals surface area contributed by atoms with Crippen LogP contribution in [0.5, 0.6) is 5.75 Å². The van der Waals surface area contributed by atoms with Crippen molar-refractivity contribution < 1.29 is 4.74 Å². The summed E-state index contributed by atoms with van der Waals surface area (Å²) in [6.07, 6.45) is 2.34. The van der Waals surface area contributed by atoms with Gasteiger partial charge in [-0.2, -0.15) is 0 Å². The quantitative estimate of drug-likeness (QED) is 0.885. The summed E-state index contributed by atoms with van der Waals surface area (Å²) in [6, 6.07) is 17.2. The van der Waals surface area contributed by atoms with Crippen molar-refractivity contribution in [3.63, 3.8) is 0 Å². The van der Waals surface area contributed by atoms with Crippen molar-refractivity contribution >= 4 is 5.69 Å². The van der Waals surface area contributed by atoms with E-state index in [9.17, 15) is 0 Å². The lowest BCUT2D eigenvalue weighted by atomic mass is 10.0. The molecule has 0 spiro atoms. The van der Waals surface area contributed by atoms with Gasteiger partial charge in [0, 0.05) is 0 Å². The SMILES string of the molecule is CCCc1ccc(C2COc3ccccc3N2)cc1. The number of para-hydroxylation sites is 2. The number of hydrogen-bond donors (Lipinski definition) is 1. The number of fused-ring (bicyclic) bond motifs is 1. The molecule has 1 aliphatic heterocycles. The molecule has 0 radical (unpaired) electrons. The summed E-state index contributed by atoms with van der Waals surface area (Å²) in [4.78, 5) is 0. The zero-order valence-corrected chi connectivity index (χ0v) is 11.2.